The zero-order chi connectivity index (χ0) is 16.3. The van der Waals surface area contributed by atoms with E-state index >= 15 is 0 Å². The Hall–Kier alpha value is -1.21. The Morgan fingerprint density at radius 2 is 2.23 bits per heavy atom. The monoisotopic (exact) mass is 337 g/mol. The summed E-state index contributed by atoms with van der Waals surface area (Å²) in [6, 6.07) is 1.56. The maximum absolute atomic E-state index is 12.4. The number of piperidine rings is 1. The third kappa shape index (κ3) is 4.91. The standard InChI is InChI=1S/C14H19ClF3N3O/c1-20-8-11(15)5-12(20)13(22)19-6-10-3-2-4-21(7-10)9-14(16,17)18/h5,8,10H,2-4,6-7,9H2,1H3,(H,19,22)/t10-/m1/s1. The molecule has 1 aromatic heterocycles. The Morgan fingerprint density at radius 1 is 1.50 bits per heavy atom. The first-order chi connectivity index (χ1) is 10.2. The second-order valence-electron chi connectivity index (χ2n) is 5.72. The Bertz CT molecular complexity index is 530. The van der Waals surface area contributed by atoms with Gasteiger partial charge in [-0.15, -0.1) is 0 Å². The quantitative estimate of drug-likeness (QED) is 0.917. The Morgan fingerprint density at radius 3 is 2.82 bits per heavy atom. The fraction of sp³-hybridized carbons (Fsp3) is 0.643. The molecule has 2 heterocycles. The molecule has 1 atom stereocenters. The minimum Gasteiger partial charge on any atom is -0.350 e. The SMILES string of the molecule is Cn1cc(Cl)cc1C(=O)NC[C@H]1CCCN(CC(F)(F)F)C1. The number of halogens is 4. The van der Waals surface area contributed by atoms with E-state index in [1.165, 1.54) is 4.90 Å². The molecule has 1 aliphatic heterocycles. The molecule has 0 bridgehead atoms. The van der Waals surface area contributed by atoms with Gasteiger partial charge in [-0.2, -0.15) is 13.2 Å². The van der Waals surface area contributed by atoms with Gasteiger partial charge in [-0.3, -0.25) is 9.69 Å². The highest BCUT2D eigenvalue weighted by molar-refractivity contribution is 6.31. The molecule has 0 spiro atoms. The highest BCUT2D eigenvalue weighted by Crippen LogP contribution is 2.22. The molecule has 0 unspecified atom stereocenters. The second-order valence-corrected chi connectivity index (χ2v) is 6.16. The maximum atomic E-state index is 12.4. The van der Waals surface area contributed by atoms with Gasteiger partial charge in [0, 0.05) is 26.3 Å². The second kappa shape index (κ2) is 6.91. The van der Waals surface area contributed by atoms with Crippen LogP contribution in [0, 0.1) is 5.92 Å². The van der Waals surface area contributed by atoms with Crippen molar-refractivity contribution in [1.82, 2.24) is 14.8 Å². The topological polar surface area (TPSA) is 37.3 Å². The summed E-state index contributed by atoms with van der Waals surface area (Å²) in [6.07, 6.45) is -1.01. The molecule has 1 N–H and O–H groups in total. The summed E-state index contributed by atoms with van der Waals surface area (Å²) in [5.74, 6) is -0.224. The number of aryl methyl sites for hydroxylation is 1. The van der Waals surface area contributed by atoms with Crippen LogP contribution in [0.25, 0.3) is 0 Å². The predicted molar refractivity (Wildman–Crippen MR) is 78.0 cm³/mol. The lowest BCUT2D eigenvalue weighted by atomic mass is 9.98. The zero-order valence-electron chi connectivity index (χ0n) is 12.3. The van der Waals surface area contributed by atoms with Gasteiger partial charge in [-0.1, -0.05) is 11.6 Å². The van der Waals surface area contributed by atoms with Crippen LogP contribution >= 0.6 is 11.6 Å². The average Bonchev–Trinajstić information content (AvgIpc) is 2.73. The molecule has 8 heteroatoms. The van der Waals surface area contributed by atoms with Crippen molar-refractivity contribution in [2.24, 2.45) is 13.0 Å². The van der Waals surface area contributed by atoms with E-state index in [9.17, 15) is 18.0 Å². The largest absolute Gasteiger partial charge is 0.401 e. The van der Waals surface area contributed by atoms with Crippen molar-refractivity contribution < 1.29 is 18.0 Å². The summed E-state index contributed by atoms with van der Waals surface area (Å²) >= 11 is 5.83. The number of alkyl halides is 3. The van der Waals surface area contributed by atoms with Crippen molar-refractivity contribution in [3.63, 3.8) is 0 Å². The Kier molecular flexibility index (Phi) is 5.39. The van der Waals surface area contributed by atoms with Crippen LogP contribution in [0.4, 0.5) is 13.2 Å². The smallest absolute Gasteiger partial charge is 0.350 e. The van der Waals surface area contributed by atoms with Gasteiger partial charge in [-0.05, 0) is 31.4 Å². The molecular weight excluding hydrogens is 319 g/mol. The van der Waals surface area contributed by atoms with E-state index in [2.05, 4.69) is 5.32 Å². The number of likely N-dealkylation sites (tertiary alicyclic amines) is 1. The maximum Gasteiger partial charge on any atom is 0.401 e. The van der Waals surface area contributed by atoms with Crippen molar-refractivity contribution in [3.8, 4) is 0 Å². The first-order valence-electron chi connectivity index (χ1n) is 7.14. The van der Waals surface area contributed by atoms with Crippen LogP contribution in [0.2, 0.25) is 5.02 Å². The number of amides is 1. The van der Waals surface area contributed by atoms with Crippen LogP contribution in [0.5, 0.6) is 0 Å². The van der Waals surface area contributed by atoms with Crippen molar-refractivity contribution >= 4 is 17.5 Å². The summed E-state index contributed by atoms with van der Waals surface area (Å²) in [4.78, 5) is 13.5. The lowest BCUT2D eigenvalue weighted by Crippen LogP contribution is -2.44. The molecule has 1 fully saturated rings. The first-order valence-corrected chi connectivity index (χ1v) is 7.51. The third-order valence-electron chi connectivity index (χ3n) is 3.76. The van der Waals surface area contributed by atoms with Crippen LogP contribution in [0.1, 0.15) is 23.3 Å². The predicted octanol–water partition coefficient (Wildman–Crippen LogP) is 2.68. The fourth-order valence-electron chi connectivity index (χ4n) is 2.79. The van der Waals surface area contributed by atoms with E-state index in [1.54, 1.807) is 23.9 Å². The highest BCUT2D eigenvalue weighted by atomic mass is 35.5. The van der Waals surface area contributed by atoms with Gasteiger partial charge in [0.05, 0.1) is 11.6 Å². The number of hydrogen-bond donors (Lipinski definition) is 1. The summed E-state index contributed by atoms with van der Waals surface area (Å²) in [5.41, 5.74) is 0.438. The third-order valence-corrected chi connectivity index (χ3v) is 3.97. The summed E-state index contributed by atoms with van der Waals surface area (Å²) < 4.78 is 38.9. The number of nitrogens with one attached hydrogen (secondary N) is 1. The van der Waals surface area contributed by atoms with Crippen molar-refractivity contribution in [2.45, 2.75) is 19.0 Å². The van der Waals surface area contributed by atoms with Gasteiger partial charge in [0.25, 0.3) is 5.91 Å². The van der Waals surface area contributed by atoms with E-state index in [1.807, 2.05) is 0 Å². The molecule has 0 aliphatic carbocycles. The van der Waals surface area contributed by atoms with E-state index in [0.29, 0.717) is 36.8 Å². The van der Waals surface area contributed by atoms with E-state index < -0.39 is 12.7 Å². The average molecular weight is 338 g/mol. The van der Waals surface area contributed by atoms with Crippen LogP contribution < -0.4 is 5.32 Å². The Labute approximate surface area is 132 Å². The minimum absolute atomic E-state index is 0.0378. The van der Waals surface area contributed by atoms with E-state index in [-0.39, 0.29) is 11.8 Å². The molecule has 0 aromatic carbocycles. The molecule has 124 valence electrons. The number of hydrogen-bond acceptors (Lipinski definition) is 2. The summed E-state index contributed by atoms with van der Waals surface area (Å²) in [7, 11) is 1.71. The first kappa shape index (κ1) is 17.1. The molecule has 1 aromatic rings. The van der Waals surface area contributed by atoms with Crippen molar-refractivity contribution in [3.05, 3.63) is 23.0 Å². The van der Waals surface area contributed by atoms with Crippen LogP contribution in [-0.2, 0) is 7.05 Å². The van der Waals surface area contributed by atoms with Gasteiger partial charge >= 0.3 is 6.18 Å². The molecule has 1 aliphatic rings. The van der Waals surface area contributed by atoms with Gasteiger partial charge in [0.2, 0.25) is 0 Å². The molecule has 1 amide bonds. The highest BCUT2D eigenvalue weighted by Gasteiger charge is 2.33. The van der Waals surface area contributed by atoms with Gasteiger partial charge in [0.15, 0.2) is 0 Å². The molecule has 0 radical (unpaired) electrons. The molecular formula is C14H19ClF3N3O. The molecule has 2 rings (SSSR count). The summed E-state index contributed by atoms with van der Waals surface area (Å²) in [6.45, 7) is 0.298. The minimum atomic E-state index is -4.18. The van der Waals surface area contributed by atoms with E-state index in [0.717, 1.165) is 6.42 Å². The van der Waals surface area contributed by atoms with E-state index in [4.69, 9.17) is 11.6 Å². The number of rotatable bonds is 4. The van der Waals surface area contributed by atoms with Crippen molar-refractivity contribution in [1.29, 1.82) is 0 Å². The van der Waals surface area contributed by atoms with Gasteiger partial charge in [-0.25, -0.2) is 0 Å². The van der Waals surface area contributed by atoms with Crippen LogP contribution in [0.3, 0.4) is 0 Å². The molecule has 1 saturated heterocycles. The number of carbonyl (C=O) groups is 1. The Balaban J connectivity index is 1.83. The normalized spacial score (nSPS) is 20.1. The molecule has 4 nitrogen and oxygen atoms in total. The lowest BCUT2D eigenvalue weighted by molar-refractivity contribution is -0.149. The van der Waals surface area contributed by atoms with Gasteiger partial charge < -0.3 is 9.88 Å². The molecule has 0 saturated carbocycles. The molecule has 22 heavy (non-hydrogen) atoms. The number of aromatic nitrogens is 1. The fourth-order valence-corrected chi connectivity index (χ4v) is 3.04. The van der Waals surface area contributed by atoms with Crippen LogP contribution in [0.15, 0.2) is 12.3 Å². The number of nitrogens with zero attached hydrogens (tertiary/aromatic N) is 2. The van der Waals surface area contributed by atoms with Gasteiger partial charge in [0.1, 0.15) is 5.69 Å². The summed E-state index contributed by atoms with van der Waals surface area (Å²) in [5, 5.41) is 3.25. The zero-order valence-corrected chi connectivity index (χ0v) is 13.0. The lowest BCUT2D eigenvalue weighted by Gasteiger charge is -2.33. The van der Waals surface area contributed by atoms with Crippen LogP contribution in [-0.4, -0.2) is 47.7 Å². The van der Waals surface area contributed by atoms with Crippen molar-refractivity contribution in [2.75, 3.05) is 26.2 Å². The number of carbonyl (C=O) groups excluding carboxylic acids is 1.